The normalized spacial score (nSPS) is 11.5. The van der Waals surface area contributed by atoms with Crippen molar-refractivity contribution >= 4 is 17.3 Å². The lowest BCUT2D eigenvalue weighted by atomic mass is 10.1. The van der Waals surface area contributed by atoms with Crippen LogP contribution in [0.5, 0.6) is 0 Å². The second-order valence-corrected chi connectivity index (χ2v) is 5.55. The third-order valence-corrected chi connectivity index (χ3v) is 3.75. The van der Waals surface area contributed by atoms with Crippen LogP contribution < -0.4 is 10.6 Å². The van der Waals surface area contributed by atoms with E-state index in [4.69, 9.17) is 0 Å². The van der Waals surface area contributed by atoms with Crippen molar-refractivity contribution in [3.05, 3.63) is 90.3 Å². The van der Waals surface area contributed by atoms with Gasteiger partial charge in [0.05, 0.1) is 5.56 Å². The van der Waals surface area contributed by atoms with E-state index in [0.717, 1.165) is 11.4 Å². The van der Waals surface area contributed by atoms with Gasteiger partial charge in [0.1, 0.15) is 0 Å². The molecular formula is C20H19N3O. The molecule has 1 heterocycles. The van der Waals surface area contributed by atoms with Crippen LogP contribution >= 0.6 is 0 Å². The highest BCUT2D eigenvalue weighted by molar-refractivity contribution is 6.04. The fourth-order valence-electron chi connectivity index (χ4n) is 2.43. The fourth-order valence-corrected chi connectivity index (χ4v) is 2.43. The summed E-state index contributed by atoms with van der Waals surface area (Å²) in [5.74, 6) is -0.165. The van der Waals surface area contributed by atoms with Gasteiger partial charge < -0.3 is 10.6 Å². The standard InChI is InChI=1S/C20H19N3O/c1-15(16-6-3-2-4-7-16)22-18-9-11-19(12-10-18)23-20(24)17-8-5-13-21-14-17/h2-15,22H,1H3,(H,23,24). The molecule has 0 aliphatic rings. The smallest absolute Gasteiger partial charge is 0.257 e. The van der Waals surface area contributed by atoms with Crippen LogP contribution in [0.2, 0.25) is 0 Å². The zero-order valence-corrected chi connectivity index (χ0v) is 13.4. The molecule has 0 bridgehead atoms. The predicted octanol–water partition coefficient (Wildman–Crippen LogP) is 4.51. The molecule has 3 aromatic rings. The number of hydrogen-bond acceptors (Lipinski definition) is 3. The van der Waals surface area contributed by atoms with Gasteiger partial charge in [-0.05, 0) is 48.9 Å². The Bertz CT molecular complexity index is 786. The van der Waals surface area contributed by atoms with Crippen LogP contribution in [0.4, 0.5) is 11.4 Å². The van der Waals surface area contributed by atoms with Crippen molar-refractivity contribution in [3.63, 3.8) is 0 Å². The molecule has 0 aliphatic carbocycles. The van der Waals surface area contributed by atoms with E-state index in [1.54, 1.807) is 24.5 Å². The minimum absolute atomic E-state index is 0.165. The molecule has 0 saturated heterocycles. The van der Waals surface area contributed by atoms with Crippen LogP contribution in [0, 0.1) is 0 Å². The molecule has 0 radical (unpaired) electrons. The van der Waals surface area contributed by atoms with Crippen LogP contribution in [0.1, 0.15) is 28.9 Å². The van der Waals surface area contributed by atoms with Crippen molar-refractivity contribution in [2.24, 2.45) is 0 Å². The number of pyridine rings is 1. The number of carbonyl (C=O) groups is 1. The molecule has 1 aromatic heterocycles. The zero-order valence-electron chi connectivity index (χ0n) is 13.4. The van der Waals surface area contributed by atoms with Gasteiger partial charge in [0.2, 0.25) is 0 Å². The van der Waals surface area contributed by atoms with Crippen molar-refractivity contribution in [1.29, 1.82) is 0 Å². The van der Waals surface area contributed by atoms with Crippen molar-refractivity contribution < 1.29 is 4.79 Å². The van der Waals surface area contributed by atoms with E-state index in [2.05, 4.69) is 34.7 Å². The number of amides is 1. The van der Waals surface area contributed by atoms with Gasteiger partial charge in [-0.1, -0.05) is 30.3 Å². The average Bonchev–Trinajstić information content (AvgIpc) is 2.65. The third-order valence-electron chi connectivity index (χ3n) is 3.75. The van der Waals surface area contributed by atoms with Gasteiger partial charge in [-0.15, -0.1) is 0 Å². The quantitative estimate of drug-likeness (QED) is 0.728. The highest BCUT2D eigenvalue weighted by Crippen LogP contribution is 2.20. The molecule has 1 atom stereocenters. The molecule has 3 rings (SSSR count). The summed E-state index contributed by atoms with van der Waals surface area (Å²) < 4.78 is 0. The number of benzene rings is 2. The lowest BCUT2D eigenvalue weighted by molar-refractivity contribution is 0.102. The summed E-state index contributed by atoms with van der Waals surface area (Å²) in [6, 6.07) is 21.6. The van der Waals surface area contributed by atoms with Crippen LogP contribution in [0.3, 0.4) is 0 Å². The number of rotatable bonds is 5. The maximum atomic E-state index is 12.1. The van der Waals surface area contributed by atoms with E-state index in [-0.39, 0.29) is 11.9 Å². The summed E-state index contributed by atoms with van der Waals surface area (Å²) in [6.07, 6.45) is 3.19. The zero-order chi connectivity index (χ0) is 16.8. The molecular weight excluding hydrogens is 298 g/mol. The Kier molecular flexibility index (Phi) is 4.87. The summed E-state index contributed by atoms with van der Waals surface area (Å²) >= 11 is 0. The number of anilines is 2. The molecule has 0 aliphatic heterocycles. The van der Waals surface area contributed by atoms with Crippen LogP contribution in [0.25, 0.3) is 0 Å². The lowest BCUT2D eigenvalue weighted by Crippen LogP contribution is -2.12. The molecule has 120 valence electrons. The molecule has 24 heavy (non-hydrogen) atoms. The highest BCUT2D eigenvalue weighted by atomic mass is 16.1. The highest BCUT2D eigenvalue weighted by Gasteiger charge is 2.07. The Balaban J connectivity index is 1.62. The first-order valence-electron chi connectivity index (χ1n) is 7.85. The number of aromatic nitrogens is 1. The van der Waals surface area contributed by atoms with Gasteiger partial charge >= 0.3 is 0 Å². The molecule has 0 fully saturated rings. The predicted molar refractivity (Wildman–Crippen MR) is 97.1 cm³/mol. The molecule has 1 amide bonds. The Hall–Kier alpha value is -3.14. The van der Waals surface area contributed by atoms with Crippen molar-refractivity contribution in [2.45, 2.75) is 13.0 Å². The molecule has 2 N–H and O–H groups in total. The van der Waals surface area contributed by atoms with Gasteiger partial charge in [-0.25, -0.2) is 0 Å². The molecule has 0 spiro atoms. The Morgan fingerprint density at radius 2 is 1.62 bits per heavy atom. The van der Waals surface area contributed by atoms with E-state index >= 15 is 0 Å². The van der Waals surface area contributed by atoms with Crippen LogP contribution in [-0.2, 0) is 0 Å². The van der Waals surface area contributed by atoms with E-state index in [9.17, 15) is 4.79 Å². The van der Waals surface area contributed by atoms with E-state index in [1.807, 2.05) is 42.5 Å². The molecule has 4 heteroatoms. The summed E-state index contributed by atoms with van der Waals surface area (Å²) in [4.78, 5) is 16.0. The minimum atomic E-state index is -0.165. The third kappa shape index (κ3) is 3.98. The van der Waals surface area contributed by atoms with Gasteiger partial charge in [0.15, 0.2) is 0 Å². The maximum absolute atomic E-state index is 12.1. The van der Waals surface area contributed by atoms with E-state index in [1.165, 1.54) is 5.56 Å². The van der Waals surface area contributed by atoms with Gasteiger partial charge in [-0.2, -0.15) is 0 Å². The SMILES string of the molecule is CC(Nc1ccc(NC(=O)c2cccnc2)cc1)c1ccccc1. The summed E-state index contributed by atoms with van der Waals surface area (Å²) in [5, 5.41) is 6.31. The summed E-state index contributed by atoms with van der Waals surface area (Å²) in [5.41, 5.74) is 3.52. The molecule has 2 aromatic carbocycles. The van der Waals surface area contributed by atoms with E-state index < -0.39 is 0 Å². The topological polar surface area (TPSA) is 54.0 Å². The van der Waals surface area contributed by atoms with E-state index in [0.29, 0.717) is 5.56 Å². The number of nitrogens with zero attached hydrogens (tertiary/aromatic N) is 1. The van der Waals surface area contributed by atoms with Crippen LogP contribution in [-0.4, -0.2) is 10.9 Å². The summed E-state index contributed by atoms with van der Waals surface area (Å²) in [6.45, 7) is 2.12. The van der Waals surface area contributed by atoms with Crippen LogP contribution in [0.15, 0.2) is 79.1 Å². The first-order chi connectivity index (χ1) is 11.7. The average molecular weight is 317 g/mol. The molecule has 1 unspecified atom stereocenters. The van der Waals surface area contributed by atoms with Gasteiger partial charge in [0, 0.05) is 29.8 Å². The fraction of sp³-hybridized carbons (Fsp3) is 0.100. The van der Waals surface area contributed by atoms with Crippen molar-refractivity contribution in [3.8, 4) is 0 Å². The first-order valence-corrected chi connectivity index (χ1v) is 7.85. The number of carbonyl (C=O) groups excluding carboxylic acids is 1. The Morgan fingerprint density at radius 1 is 0.917 bits per heavy atom. The van der Waals surface area contributed by atoms with Crippen molar-refractivity contribution in [1.82, 2.24) is 4.98 Å². The monoisotopic (exact) mass is 317 g/mol. The first kappa shape index (κ1) is 15.7. The summed E-state index contributed by atoms with van der Waals surface area (Å²) in [7, 11) is 0. The second-order valence-electron chi connectivity index (χ2n) is 5.55. The second kappa shape index (κ2) is 7.42. The Morgan fingerprint density at radius 3 is 2.29 bits per heavy atom. The molecule has 4 nitrogen and oxygen atoms in total. The Labute approximate surface area is 141 Å². The van der Waals surface area contributed by atoms with Gasteiger partial charge in [-0.3, -0.25) is 9.78 Å². The van der Waals surface area contributed by atoms with Gasteiger partial charge in [0.25, 0.3) is 5.91 Å². The number of nitrogens with one attached hydrogen (secondary N) is 2. The van der Waals surface area contributed by atoms with Crippen molar-refractivity contribution in [2.75, 3.05) is 10.6 Å². The minimum Gasteiger partial charge on any atom is -0.379 e. The lowest BCUT2D eigenvalue weighted by Gasteiger charge is -2.16. The largest absolute Gasteiger partial charge is 0.379 e. The maximum Gasteiger partial charge on any atom is 0.257 e. The molecule has 0 saturated carbocycles. The number of hydrogen-bond donors (Lipinski definition) is 2.